The van der Waals surface area contributed by atoms with Crippen LogP contribution in [0.5, 0.6) is 0 Å². The van der Waals surface area contributed by atoms with Crippen molar-refractivity contribution < 1.29 is 0 Å². The highest BCUT2D eigenvalue weighted by molar-refractivity contribution is 7.16. The molecule has 0 saturated heterocycles. The minimum Gasteiger partial charge on any atom is -0.308 e. The number of benzene rings is 1. The maximum atomic E-state index is 9.62. The zero-order valence-corrected chi connectivity index (χ0v) is 25.4. The highest BCUT2D eigenvalue weighted by atomic mass is 32.1. The summed E-state index contributed by atoms with van der Waals surface area (Å²) in [6, 6.07) is 26.8. The average molecular weight is 577 g/mol. The lowest BCUT2D eigenvalue weighted by Gasteiger charge is -2.13. The molecule has 0 bridgehead atoms. The summed E-state index contributed by atoms with van der Waals surface area (Å²) in [5.41, 5.74) is 4.54. The Kier molecular flexibility index (Phi) is 11.6. The molecule has 0 atom stereocenters. The van der Waals surface area contributed by atoms with Crippen LogP contribution in [0.25, 0.3) is 32.4 Å². The molecule has 1 aromatic carbocycles. The van der Waals surface area contributed by atoms with Crippen LogP contribution in [0, 0.1) is 34.0 Å². The van der Waals surface area contributed by atoms with Gasteiger partial charge in [-0.15, -0.1) is 22.7 Å². The van der Waals surface area contributed by atoms with Gasteiger partial charge < -0.3 is 4.57 Å². The van der Waals surface area contributed by atoms with Gasteiger partial charge in [-0.2, -0.15) is 15.8 Å². The lowest BCUT2D eigenvalue weighted by atomic mass is 10.0. The molecule has 0 N–H and O–H groups in total. The van der Waals surface area contributed by atoms with Gasteiger partial charge in [0.15, 0.2) is 0 Å². The van der Waals surface area contributed by atoms with Crippen LogP contribution in [0.1, 0.15) is 81.6 Å². The molecule has 208 valence electrons. The van der Waals surface area contributed by atoms with E-state index >= 15 is 0 Å². The first-order chi connectivity index (χ1) is 20.2. The van der Waals surface area contributed by atoms with Gasteiger partial charge in [-0.25, -0.2) is 0 Å². The molecule has 4 aromatic rings. The second-order valence-electron chi connectivity index (χ2n) is 10.3. The molecule has 4 nitrogen and oxygen atoms in total. The first-order valence-corrected chi connectivity index (χ1v) is 16.3. The first kappa shape index (κ1) is 30.1. The fraction of sp³-hybridized carbons (Fsp3) is 0.343. The summed E-state index contributed by atoms with van der Waals surface area (Å²) in [6.07, 6.45) is 14.6. The highest BCUT2D eigenvalue weighted by Gasteiger charge is 2.18. The lowest BCUT2D eigenvalue weighted by Crippen LogP contribution is -1.98. The SMILES string of the molecule is CCCCCCCCCCCCc1ccc(-n2c(-c3cccs3)ccc2-c2ccc(C(C#N)=C(C#N)C#N)s2)cc1. The van der Waals surface area contributed by atoms with Gasteiger partial charge in [-0.3, -0.25) is 0 Å². The number of thiophene rings is 2. The van der Waals surface area contributed by atoms with E-state index in [1.54, 1.807) is 11.3 Å². The third-order valence-electron chi connectivity index (χ3n) is 7.36. The second-order valence-corrected chi connectivity index (χ2v) is 12.3. The van der Waals surface area contributed by atoms with Crippen molar-refractivity contribution in [2.75, 3.05) is 0 Å². The van der Waals surface area contributed by atoms with Crippen LogP contribution in [0.3, 0.4) is 0 Å². The third-order valence-corrected chi connectivity index (χ3v) is 9.38. The Morgan fingerprint density at radius 1 is 0.683 bits per heavy atom. The molecule has 41 heavy (non-hydrogen) atoms. The van der Waals surface area contributed by atoms with Gasteiger partial charge in [0.1, 0.15) is 23.8 Å². The molecule has 6 heteroatoms. The van der Waals surface area contributed by atoms with Gasteiger partial charge in [-0.05, 0) is 66.2 Å². The molecule has 0 aliphatic heterocycles. The summed E-state index contributed by atoms with van der Waals surface area (Å²) in [4.78, 5) is 2.77. The molecule has 0 radical (unpaired) electrons. The van der Waals surface area contributed by atoms with Gasteiger partial charge in [0.2, 0.25) is 0 Å². The van der Waals surface area contributed by atoms with Crippen LogP contribution in [-0.2, 0) is 6.42 Å². The number of hydrogen-bond donors (Lipinski definition) is 0. The van der Waals surface area contributed by atoms with Crippen LogP contribution in [0.2, 0.25) is 0 Å². The van der Waals surface area contributed by atoms with E-state index in [4.69, 9.17) is 0 Å². The standard InChI is InChI=1S/C35H36N4S2/c1-2-3-4-5-6-7-8-9-10-11-13-27-15-17-29(18-16-27)39-31(34-14-12-23-40-34)19-20-32(39)35-22-21-33(41-35)30(26-38)28(24-36)25-37/h12,14-23H,2-11,13H2,1H3. The number of nitriles is 3. The maximum absolute atomic E-state index is 9.62. The Balaban J connectivity index is 1.47. The molecule has 0 aliphatic carbocycles. The van der Waals surface area contributed by atoms with Crippen molar-refractivity contribution in [2.24, 2.45) is 0 Å². The molecule has 3 aromatic heterocycles. The van der Waals surface area contributed by atoms with E-state index in [0.29, 0.717) is 4.88 Å². The number of unbranched alkanes of at least 4 members (excludes halogenated alkanes) is 9. The van der Waals surface area contributed by atoms with Crippen LogP contribution in [0.15, 0.2) is 71.6 Å². The minimum atomic E-state index is -0.159. The van der Waals surface area contributed by atoms with E-state index in [1.165, 1.54) is 86.0 Å². The summed E-state index contributed by atoms with van der Waals surface area (Å²) in [5.74, 6) is 0. The van der Waals surface area contributed by atoms with Gasteiger partial charge in [0.25, 0.3) is 0 Å². The molecular formula is C35H36N4S2. The van der Waals surface area contributed by atoms with Crippen LogP contribution >= 0.6 is 22.7 Å². The predicted octanol–water partition coefficient (Wildman–Crippen LogP) is 10.7. The van der Waals surface area contributed by atoms with Gasteiger partial charge in [0, 0.05) is 10.6 Å². The second kappa shape index (κ2) is 15.8. The van der Waals surface area contributed by atoms with Crippen LogP contribution in [0.4, 0.5) is 0 Å². The largest absolute Gasteiger partial charge is 0.308 e. The maximum Gasteiger partial charge on any atom is 0.148 e. The van der Waals surface area contributed by atoms with E-state index in [-0.39, 0.29) is 11.1 Å². The van der Waals surface area contributed by atoms with E-state index in [9.17, 15) is 15.8 Å². The van der Waals surface area contributed by atoms with E-state index in [0.717, 1.165) is 28.4 Å². The Bertz CT molecular complexity index is 1530. The molecule has 0 saturated carbocycles. The molecule has 0 fully saturated rings. The summed E-state index contributed by atoms with van der Waals surface area (Å²) in [7, 11) is 0. The number of hydrogen-bond acceptors (Lipinski definition) is 5. The molecule has 0 aliphatic rings. The van der Waals surface area contributed by atoms with E-state index < -0.39 is 0 Å². The molecule has 0 unspecified atom stereocenters. The summed E-state index contributed by atoms with van der Waals surface area (Å²) >= 11 is 3.13. The molecule has 4 rings (SSSR count). The Morgan fingerprint density at radius 2 is 1.32 bits per heavy atom. The van der Waals surface area contributed by atoms with Crippen molar-refractivity contribution >= 4 is 28.2 Å². The predicted molar refractivity (Wildman–Crippen MR) is 172 cm³/mol. The molecular weight excluding hydrogens is 541 g/mol. The monoisotopic (exact) mass is 576 g/mol. The topological polar surface area (TPSA) is 76.3 Å². The quantitative estimate of drug-likeness (QED) is 0.104. The number of aryl methyl sites for hydroxylation is 1. The Morgan fingerprint density at radius 3 is 1.90 bits per heavy atom. The molecule has 0 amide bonds. The van der Waals surface area contributed by atoms with Gasteiger partial charge in [0.05, 0.1) is 26.7 Å². The highest BCUT2D eigenvalue weighted by Crippen LogP contribution is 2.39. The van der Waals surface area contributed by atoms with Crippen molar-refractivity contribution in [3.63, 3.8) is 0 Å². The Labute approximate surface area is 252 Å². The lowest BCUT2D eigenvalue weighted by molar-refractivity contribution is 0.556. The molecule has 3 heterocycles. The smallest absolute Gasteiger partial charge is 0.148 e. The molecule has 0 spiro atoms. The van der Waals surface area contributed by atoms with E-state index in [1.807, 2.05) is 30.3 Å². The summed E-state index contributed by atoms with van der Waals surface area (Å²) in [6.45, 7) is 2.27. The normalized spacial score (nSPS) is 10.6. The average Bonchev–Trinajstić information content (AvgIpc) is 3.78. The fourth-order valence-electron chi connectivity index (χ4n) is 5.13. The number of rotatable bonds is 15. The summed E-state index contributed by atoms with van der Waals surface area (Å²) < 4.78 is 2.26. The van der Waals surface area contributed by atoms with Crippen molar-refractivity contribution in [1.29, 1.82) is 15.8 Å². The minimum absolute atomic E-state index is 0.124. The first-order valence-electron chi connectivity index (χ1n) is 14.6. The number of allylic oxidation sites excluding steroid dienone is 2. The van der Waals surface area contributed by atoms with Crippen molar-refractivity contribution in [3.05, 3.63) is 82.1 Å². The zero-order valence-electron chi connectivity index (χ0n) is 23.7. The van der Waals surface area contributed by atoms with Gasteiger partial charge >= 0.3 is 0 Å². The van der Waals surface area contributed by atoms with Crippen molar-refractivity contribution in [2.45, 2.75) is 77.6 Å². The van der Waals surface area contributed by atoms with Crippen molar-refractivity contribution in [3.8, 4) is 45.0 Å². The van der Waals surface area contributed by atoms with E-state index in [2.05, 4.69) is 65.4 Å². The van der Waals surface area contributed by atoms with Gasteiger partial charge in [-0.1, -0.05) is 82.9 Å². The van der Waals surface area contributed by atoms with Crippen molar-refractivity contribution in [1.82, 2.24) is 4.57 Å². The zero-order chi connectivity index (χ0) is 28.9. The third kappa shape index (κ3) is 7.86. The number of nitrogens with zero attached hydrogens (tertiary/aromatic N) is 4. The fourth-order valence-corrected chi connectivity index (χ4v) is 6.90. The summed E-state index contributed by atoms with van der Waals surface area (Å²) in [5, 5.41) is 30.3. The van der Waals surface area contributed by atoms with Crippen LogP contribution in [-0.4, -0.2) is 4.57 Å². The number of aromatic nitrogens is 1. The Hall–Kier alpha value is -3.89. The van der Waals surface area contributed by atoms with Crippen LogP contribution < -0.4 is 0 Å².